The molecule has 0 N–H and O–H groups in total. The molecule has 7 heteroatoms. The van der Waals surface area contributed by atoms with Crippen LogP contribution in [-0.4, -0.2) is 66.0 Å². The molecule has 2 aliphatic rings. The molecule has 0 saturated carbocycles. The van der Waals surface area contributed by atoms with Crippen LogP contribution in [0.1, 0.15) is 67.9 Å². The van der Waals surface area contributed by atoms with Crippen molar-refractivity contribution in [2.24, 2.45) is 0 Å². The van der Waals surface area contributed by atoms with E-state index in [4.69, 9.17) is 14.0 Å². The van der Waals surface area contributed by atoms with Gasteiger partial charge in [0.25, 0.3) is 0 Å². The second-order valence-corrected chi connectivity index (χ2v) is 10.1. The van der Waals surface area contributed by atoms with E-state index in [0.29, 0.717) is 13.1 Å². The van der Waals surface area contributed by atoms with Crippen LogP contribution in [0, 0.1) is 0 Å². The lowest BCUT2D eigenvalue weighted by Crippen LogP contribution is -2.49. The quantitative estimate of drug-likeness (QED) is 0.675. The molecule has 2 fully saturated rings. The fourth-order valence-electron chi connectivity index (χ4n) is 3.43. The van der Waals surface area contributed by atoms with Crippen molar-refractivity contribution in [3.05, 3.63) is 29.8 Å². The minimum Gasteiger partial charge on any atom is -0.444 e. The Morgan fingerprint density at radius 2 is 1.45 bits per heavy atom. The number of ether oxygens (including phenoxy) is 1. The molecule has 0 atom stereocenters. The van der Waals surface area contributed by atoms with Crippen molar-refractivity contribution >= 4 is 18.7 Å². The Bertz CT molecular complexity index is 704. The molecule has 0 unspecified atom stereocenters. The highest BCUT2D eigenvalue weighted by Crippen LogP contribution is 2.36. The zero-order valence-corrected chi connectivity index (χ0v) is 20.9. The van der Waals surface area contributed by atoms with E-state index in [2.05, 4.69) is 56.9 Å². The first-order valence-corrected chi connectivity index (χ1v) is 11.5. The molecule has 3 rings (SSSR count). The Labute approximate surface area is 189 Å². The molecule has 6 nitrogen and oxygen atoms in total. The van der Waals surface area contributed by atoms with Crippen LogP contribution in [0.4, 0.5) is 4.79 Å². The monoisotopic (exact) mass is 432 g/mol. The summed E-state index contributed by atoms with van der Waals surface area (Å²) < 4.78 is 17.7. The van der Waals surface area contributed by atoms with Gasteiger partial charge in [0.15, 0.2) is 0 Å². The average molecular weight is 432 g/mol. The summed E-state index contributed by atoms with van der Waals surface area (Å²) in [6, 6.07) is 8.46. The van der Waals surface area contributed by atoms with Crippen molar-refractivity contribution in [1.82, 2.24) is 9.80 Å². The van der Waals surface area contributed by atoms with Crippen molar-refractivity contribution in [3.63, 3.8) is 0 Å². The van der Waals surface area contributed by atoms with Crippen molar-refractivity contribution in [3.8, 4) is 0 Å². The van der Waals surface area contributed by atoms with Crippen LogP contribution in [0.5, 0.6) is 0 Å². The number of benzene rings is 1. The van der Waals surface area contributed by atoms with E-state index >= 15 is 0 Å². The summed E-state index contributed by atoms with van der Waals surface area (Å²) in [7, 11) is -0.327. The lowest BCUT2D eigenvalue weighted by Gasteiger charge is -2.35. The number of piperazine rings is 1. The highest BCUT2D eigenvalue weighted by atomic mass is 16.7. The van der Waals surface area contributed by atoms with Gasteiger partial charge in [-0.3, -0.25) is 4.90 Å². The van der Waals surface area contributed by atoms with Gasteiger partial charge in [0.05, 0.1) is 11.2 Å². The van der Waals surface area contributed by atoms with Crippen LogP contribution >= 0.6 is 0 Å². The van der Waals surface area contributed by atoms with E-state index in [1.807, 2.05) is 34.6 Å². The molecule has 1 amide bonds. The molecule has 174 valence electrons. The number of hydrogen-bond acceptors (Lipinski definition) is 5. The van der Waals surface area contributed by atoms with Gasteiger partial charge in [-0.15, -0.1) is 0 Å². The van der Waals surface area contributed by atoms with Gasteiger partial charge in [0.2, 0.25) is 0 Å². The lowest BCUT2D eigenvalue weighted by molar-refractivity contribution is 0.00578. The van der Waals surface area contributed by atoms with E-state index in [-0.39, 0.29) is 24.4 Å². The third-order valence-corrected chi connectivity index (χ3v) is 5.94. The smallest absolute Gasteiger partial charge is 0.444 e. The second-order valence-electron chi connectivity index (χ2n) is 10.1. The van der Waals surface area contributed by atoms with E-state index in [1.165, 1.54) is 5.56 Å². The lowest BCUT2D eigenvalue weighted by atomic mass is 9.79. The van der Waals surface area contributed by atoms with Crippen molar-refractivity contribution in [2.45, 2.75) is 85.7 Å². The van der Waals surface area contributed by atoms with Crippen LogP contribution in [0.25, 0.3) is 0 Å². The number of carbonyl (C=O) groups is 1. The number of amides is 1. The number of rotatable bonds is 3. The largest absolute Gasteiger partial charge is 0.494 e. The normalized spacial score (nSPS) is 20.8. The van der Waals surface area contributed by atoms with Gasteiger partial charge < -0.3 is 18.9 Å². The molecule has 2 aliphatic heterocycles. The maximum atomic E-state index is 12.2. The second kappa shape index (κ2) is 9.93. The topological polar surface area (TPSA) is 51.2 Å². The molecular weight excluding hydrogens is 391 g/mol. The number of carbonyl (C=O) groups excluding carboxylic acids is 1. The Balaban J connectivity index is 0.00000166. The number of nitrogens with zero attached hydrogens (tertiary/aromatic N) is 2. The van der Waals surface area contributed by atoms with Gasteiger partial charge >= 0.3 is 13.2 Å². The first-order chi connectivity index (χ1) is 14.4. The SMILES string of the molecule is CC.CC(C)(C)OC(=O)N1CCN(Cc2ccc(B3OC(C)(C)C(C)(C)O3)cc2)CC1. The molecule has 0 spiro atoms. The molecule has 0 aromatic heterocycles. The Kier molecular flexibility index (Phi) is 8.23. The average Bonchev–Trinajstić information content (AvgIpc) is 2.90. The maximum absolute atomic E-state index is 12.2. The molecule has 31 heavy (non-hydrogen) atoms. The standard InChI is InChI=1S/C22H35BN2O4.C2H6/c1-20(2,3)27-19(26)25-14-12-24(13-15-25)16-17-8-10-18(11-9-17)23-28-21(4,5)22(6,7)29-23;1-2/h8-11H,12-16H2,1-7H3;1-2H3. The minimum absolute atomic E-state index is 0.219. The van der Waals surface area contributed by atoms with E-state index in [9.17, 15) is 4.79 Å². The summed E-state index contributed by atoms with van der Waals surface area (Å²) in [4.78, 5) is 16.4. The van der Waals surface area contributed by atoms with Crippen LogP contribution in [0.3, 0.4) is 0 Å². The van der Waals surface area contributed by atoms with Crippen molar-refractivity contribution in [1.29, 1.82) is 0 Å². The van der Waals surface area contributed by atoms with Gasteiger partial charge in [-0.05, 0) is 59.5 Å². The van der Waals surface area contributed by atoms with Gasteiger partial charge in [-0.2, -0.15) is 0 Å². The summed E-state index contributed by atoms with van der Waals surface area (Å²) in [6.45, 7) is 21.9. The van der Waals surface area contributed by atoms with Gasteiger partial charge in [-0.1, -0.05) is 38.1 Å². The summed E-state index contributed by atoms with van der Waals surface area (Å²) >= 11 is 0. The van der Waals surface area contributed by atoms with Crippen LogP contribution in [0.2, 0.25) is 0 Å². The fourth-order valence-corrected chi connectivity index (χ4v) is 3.43. The number of hydrogen-bond donors (Lipinski definition) is 0. The maximum Gasteiger partial charge on any atom is 0.494 e. The molecule has 1 aromatic carbocycles. The summed E-state index contributed by atoms with van der Waals surface area (Å²) in [5, 5.41) is 0. The summed E-state index contributed by atoms with van der Waals surface area (Å²) in [6.07, 6.45) is -0.219. The Morgan fingerprint density at radius 3 is 1.90 bits per heavy atom. The van der Waals surface area contributed by atoms with Crippen molar-refractivity contribution < 1.29 is 18.8 Å². The van der Waals surface area contributed by atoms with Crippen LogP contribution in [-0.2, 0) is 20.6 Å². The van der Waals surface area contributed by atoms with E-state index in [0.717, 1.165) is 25.1 Å². The molecule has 0 aliphatic carbocycles. The third-order valence-electron chi connectivity index (χ3n) is 5.94. The highest BCUT2D eigenvalue weighted by Gasteiger charge is 2.51. The van der Waals surface area contributed by atoms with Gasteiger partial charge in [-0.25, -0.2) is 4.79 Å². The predicted molar refractivity (Wildman–Crippen MR) is 127 cm³/mol. The molecule has 0 radical (unpaired) electrons. The Morgan fingerprint density at radius 1 is 0.968 bits per heavy atom. The predicted octanol–water partition coefficient (Wildman–Crippen LogP) is 4.06. The molecule has 2 heterocycles. The fraction of sp³-hybridized carbons (Fsp3) is 0.708. The molecule has 2 saturated heterocycles. The Hall–Kier alpha value is -1.57. The first kappa shape index (κ1) is 25.7. The summed E-state index contributed by atoms with van der Waals surface area (Å²) in [5.74, 6) is 0. The minimum atomic E-state index is -0.451. The zero-order valence-electron chi connectivity index (χ0n) is 20.9. The molecule has 1 aromatic rings. The highest BCUT2D eigenvalue weighted by molar-refractivity contribution is 6.62. The van der Waals surface area contributed by atoms with E-state index < -0.39 is 5.60 Å². The molecular formula is C24H41BN2O4. The third kappa shape index (κ3) is 6.71. The molecule has 0 bridgehead atoms. The van der Waals surface area contributed by atoms with Crippen LogP contribution < -0.4 is 5.46 Å². The van der Waals surface area contributed by atoms with Gasteiger partial charge in [0.1, 0.15) is 5.60 Å². The van der Waals surface area contributed by atoms with Crippen LogP contribution in [0.15, 0.2) is 24.3 Å². The first-order valence-electron chi connectivity index (χ1n) is 11.5. The summed E-state index contributed by atoms with van der Waals surface area (Å²) in [5.41, 5.74) is 1.18. The van der Waals surface area contributed by atoms with Gasteiger partial charge in [0, 0.05) is 32.7 Å². The van der Waals surface area contributed by atoms with E-state index in [1.54, 1.807) is 4.90 Å². The zero-order chi connectivity index (χ0) is 23.4. The van der Waals surface area contributed by atoms with Crippen molar-refractivity contribution in [2.75, 3.05) is 26.2 Å².